The van der Waals surface area contributed by atoms with E-state index in [1.807, 2.05) is 6.07 Å². The molecule has 0 amide bonds. The summed E-state index contributed by atoms with van der Waals surface area (Å²) in [4.78, 5) is 4.16. The number of rotatable bonds is 2. The van der Waals surface area contributed by atoms with Crippen molar-refractivity contribution in [3.05, 3.63) is 40.9 Å². The fourth-order valence-corrected chi connectivity index (χ4v) is 1.96. The number of hydrogen-bond acceptors (Lipinski definition) is 4. The van der Waals surface area contributed by atoms with Crippen molar-refractivity contribution in [2.75, 3.05) is 5.32 Å². The van der Waals surface area contributed by atoms with E-state index in [4.69, 9.17) is 5.26 Å². The fraction of sp³-hybridized carbons (Fsp3) is 0.0909. The molecule has 92 valence electrons. The summed E-state index contributed by atoms with van der Waals surface area (Å²) in [5, 5.41) is 11.4. The lowest BCUT2D eigenvalue weighted by atomic mass is 10.2. The molecule has 0 fully saturated rings. The van der Waals surface area contributed by atoms with Crippen LogP contribution >= 0.6 is 11.3 Å². The molecule has 0 saturated carbocycles. The van der Waals surface area contributed by atoms with Gasteiger partial charge in [-0.2, -0.15) is 18.4 Å². The van der Waals surface area contributed by atoms with Gasteiger partial charge < -0.3 is 5.32 Å². The Morgan fingerprint density at radius 3 is 2.61 bits per heavy atom. The SMILES string of the molecule is N#Cc1cnc(Nc2ccccc2C(F)(F)F)s1. The standard InChI is InChI=1S/C11H6F3N3S/c12-11(13,14)8-3-1-2-4-9(8)17-10-16-6-7(5-15)18-10/h1-4,6H,(H,16,17). The summed E-state index contributed by atoms with van der Waals surface area (Å²) in [6, 6.07) is 6.99. The van der Waals surface area contributed by atoms with Crippen LogP contribution in [0.3, 0.4) is 0 Å². The van der Waals surface area contributed by atoms with Gasteiger partial charge in [-0.25, -0.2) is 4.98 Å². The first kappa shape index (κ1) is 12.4. The van der Waals surface area contributed by atoms with Crippen molar-refractivity contribution in [2.24, 2.45) is 0 Å². The van der Waals surface area contributed by atoms with Crippen LogP contribution in [0.25, 0.3) is 0 Å². The summed E-state index contributed by atoms with van der Waals surface area (Å²) in [5.41, 5.74) is -0.845. The normalized spacial score (nSPS) is 11.0. The Bertz CT molecular complexity index is 598. The zero-order valence-corrected chi connectivity index (χ0v) is 9.64. The molecule has 7 heteroatoms. The van der Waals surface area contributed by atoms with Gasteiger partial charge in [0.05, 0.1) is 17.4 Å². The van der Waals surface area contributed by atoms with Gasteiger partial charge >= 0.3 is 6.18 Å². The number of anilines is 2. The van der Waals surface area contributed by atoms with Crippen molar-refractivity contribution < 1.29 is 13.2 Å². The highest BCUT2D eigenvalue weighted by Crippen LogP contribution is 2.36. The maximum Gasteiger partial charge on any atom is 0.418 e. The Kier molecular flexibility index (Phi) is 3.21. The Balaban J connectivity index is 2.32. The van der Waals surface area contributed by atoms with Crippen molar-refractivity contribution in [1.29, 1.82) is 5.26 Å². The molecule has 0 bridgehead atoms. The summed E-state index contributed by atoms with van der Waals surface area (Å²) < 4.78 is 38.1. The second-order valence-electron chi connectivity index (χ2n) is 3.31. The molecular formula is C11H6F3N3S. The van der Waals surface area contributed by atoms with E-state index in [1.54, 1.807) is 0 Å². The van der Waals surface area contributed by atoms with E-state index in [1.165, 1.54) is 24.4 Å². The largest absolute Gasteiger partial charge is 0.418 e. The highest BCUT2D eigenvalue weighted by Gasteiger charge is 2.33. The van der Waals surface area contributed by atoms with Crippen LogP contribution in [0.15, 0.2) is 30.5 Å². The minimum atomic E-state index is -4.43. The van der Waals surface area contributed by atoms with Crippen LogP contribution in [0.2, 0.25) is 0 Å². The summed E-state index contributed by atoms with van der Waals surface area (Å²) in [6.07, 6.45) is -3.12. The Morgan fingerprint density at radius 2 is 2.00 bits per heavy atom. The molecule has 1 aromatic heterocycles. The quantitative estimate of drug-likeness (QED) is 0.902. The van der Waals surface area contributed by atoms with Crippen molar-refractivity contribution in [2.45, 2.75) is 6.18 Å². The Hall–Kier alpha value is -2.07. The lowest BCUT2D eigenvalue weighted by molar-refractivity contribution is -0.136. The third kappa shape index (κ3) is 2.60. The van der Waals surface area contributed by atoms with Gasteiger partial charge in [0.2, 0.25) is 0 Å². The van der Waals surface area contributed by atoms with E-state index in [-0.39, 0.29) is 10.8 Å². The minimum absolute atomic E-state index is 0.0798. The zero-order valence-electron chi connectivity index (χ0n) is 8.82. The molecule has 0 atom stereocenters. The average molecular weight is 269 g/mol. The molecule has 0 spiro atoms. The van der Waals surface area contributed by atoms with Crippen LogP contribution in [-0.4, -0.2) is 4.98 Å². The molecule has 0 aliphatic carbocycles. The number of nitrogens with zero attached hydrogens (tertiary/aromatic N) is 2. The van der Waals surface area contributed by atoms with E-state index < -0.39 is 11.7 Å². The average Bonchev–Trinajstić information content (AvgIpc) is 2.76. The molecular weight excluding hydrogens is 263 g/mol. The first-order chi connectivity index (χ1) is 8.50. The van der Waals surface area contributed by atoms with E-state index >= 15 is 0 Å². The first-order valence-electron chi connectivity index (χ1n) is 4.80. The van der Waals surface area contributed by atoms with Gasteiger partial charge in [0.25, 0.3) is 0 Å². The predicted molar refractivity (Wildman–Crippen MR) is 61.6 cm³/mol. The van der Waals surface area contributed by atoms with Gasteiger partial charge in [-0.1, -0.05) is 23.5 Å². The summed E-state index contributed by atoms with van der Waals surface area (Å²) in [6.45, 7) is 0. The molecule has 1 heterocycles. The monoisotopic (exact) mass is 269 g/mol. The van der Waals surface area contributed by atoms with Crippen molar-refractivity contribution in [3.63, 3.8) is 0 Å². The van der Waals surface area contributed by atoms with Crippen molar-refractivity contribution in [1.82, 2.24) is 4.98 Å². The van der Waals surface area contributed by atoms with Crippen LogP contribution in [0, 0.1) is 11.3 Å². The number of aromatic nitrogens is 1. The predicted octanol–water partition coefficient (Wildman–Crippen LogP) is 3.78. The van der Waals surface area contributed by atoms with Gasteiger partial charge in [-0.3, -0.25) is 0 Å². The fourth-order valence-electron chi connectivity index (χ4n) is 1.34. The molecule has 0 aliphatic rings. The molecule has 2 aromatic rings. The highest BCUT2D eigenvalue weighted by atomic mass is 32.1. The number of hydrogen-bond donors (Lipinski definition) is 1. The van der Waals surface area contributed by atoms with Crippen LogP contribution in [0.5, 0.6) is 0 Å². The van der Waals surface area contributed by atoms with Gasteiger partial charge in [-0.05, 0) is 12.1 Å². The second kappa shape index (κ2) is 4.66. The van der Waals surface area contributed by atoms with E-state index in [0.29, 0.717) is 4.88 Å². The topological polar surface area (TPSA) is 48.7 Å². The lowest BCUT2D eigenvalue weighted by Gasteiger charge is -2.12. The highest BCUT2D eigenvalue weighted by molar-refractivity contribution is 7.16. The smallest absolute Gasteiger partial charge is 0.331 e. The molecule has 0 unspecified atom stereocenters. The number of nitrogens with one attached hydrogen (secondary N) is 1. The molecule has 0 radical (unpaired) electrons. The molecule has 1 N–H and O–H groups in total. The number of nitriles is 1. The third-order valence-electron chi connectivity index (χ3n) is 2.09. The molecule has 0 aliphatic heterocycles. The van der Waals surface area contributed by atoms with Gasteiger partial charge in [0.1, 0.15) is 10.9 Å². The zero-order chi connectivity index (χ0) is 13.2. The summed E-state index contributed by atoms with van der Waals surface area (Å²) in [7, 11) is 0. The van der Waals surface area contributed by atoms with Crippen molar-refractivity contribution >= 4 is 22.2 Å². The molecule has 1 aromatic carbocycles. The van der Waals surface area contributed by atoms with E-state index in [2.05, 4.69) is 10.3 Å². The number of thiazole rings is 1. The van der Waals surface area contributed by atoms with Crippen LogP contribution in [0.1, 0.15) is 10.4 Å². The van der Waals surface area contributed by atoms with Crippen LogP contribution < -0.4 is 5.32 Å². The van der Waals surface area contributed by atoms with E-state index in [0.717, 1.165) is 17.4 Å². The Labute approximate surface area is 105 Å². The van der Waals surface area contributed by atoms with E-state index in [9.17, 15) is 13.2 Å². The minimum Gasteiger partial charge on any atom is -0.331 e. The van der Waals surface area contributed by atoms with Gasteiger partial charge in [-0.15, -0.1) is 0 Å². The molecule has 2 rings (SSSR count). The van der Waals surface area contributed by atoms with Crippen LogP contribution in [-0.2, 0) is 6.18 Å². The number of alkyl halides is 3. The van der Waals surface area contributed by atoms with Crippen molar-refractivity contribution in [3.8, 4) is 6.07 Å². The lowest BCUT2D eigenvalue weighted by Crippen LogP contribution is -2.08. The third-order valence-corrected chi connectivity index (χ3v) is 2.91. The van der Waals surface area contributed by atoms with Gasteiger partial charge in [0.15, 0.2) is 5.13 Å². The first-order valence-corrected chi connectivity index (χ1v) is 5.61. The molecule has 3 nitrogen and oxygen atoms in total. The maximum atomic E-state index is 12.7. The number of halogens is 3. The second-order valence-corrected chi connectivity index (χ2v) is 4.34. The Morgan fingerprint density at radius 1 is 1.28 bits per heavy atom. The summed E-state index contributed by atoms with van der Waals surface area (Å²) in [5.74, 6) is 0. The van der Waals surface area contributed by atoms with Crippen LogP contribution in [0.4, 0.5) is 24.0 Å². The maximum absolute atomic E-state index is 12.7. The molecule has 0 saturated heterocycles. The number of benzene rings is 1. The van der Waals surface area contributed by atoms with Gasteiger partial charge in [0, 0.05) is 0 Å². The number of para-hydroxylation sites is 1. The molecule has 18 heavy (non-hydrogen) atoms. The summed E-state index contributed by atoms with van der Waals surface area (Å²) >= 11 is 0.996.